The van der Waals surface area contributed by atoms with Crippen molar-refractivity contribution in [3.63, 3.8) is 0 Å². The van der Waals surface area contributed by atoms with Gasteiger partial charge in [-0.2, -0.15) is 5.26 Å². The fourth-order valence-corrected chi connectivity index (χ4v) is 6.14. The Balaban J connectivity index is 0.932. The van der Waals surface area contributed by atoms with Crippen molar-refractivity contribution in [3.8, 4) is 27.0 Å². The van der Waals surface area contributed by atoms with Crippen LogP contribution in [0.2, 0.25) is 5.02 Å². The summed E-state index contributed by atoms with van der Waals surface area (Å²) in [7, 11) is 0. The van der Waals surface area contributed by atoms with E-state index in [0.717, 1.165) is 46.8 Å². The summed E-state index contributed by atoms with van der Waals surface area (Å²) in [5.74, 6) is 0. The normalized spacial score (nSPS) is 11.0. The molecule has 5 rings (SSSR count). The van der Waals surface area contributed by atoms with E-state index in [2.05, 4.69) is 58.1 Å². The minimum atomic E-state index is 0.692. The van der Waals surface area contributed by atoms with E-state index in [1.807, 2.05) is 54.7 Å². The molecule has 0 saturated carbocycles. The lowest BCUT2D eigenvalue weighted by Gasteiger charge is -2.09. The van der Waals surface area contributed by atoms with Gasteiger partial charge in [-0.25, -0.2) is 0 Å². The first-order chi connectivity index (χ1) is 20.2. The fraction of sp³-hybridized carbons (Fsp3) is 0.257. The van der Waals surface area contributed by atoms with Crippen molar-refractivity contribution in [2.24, 2.45) is 0 Å². The Morgan fingerprint density at radius 3 is 2.10 bits per heavy atom. The molecule has 2 heterocycles. The first-order valence-corrected chi connectivity index (χ1v) is 15.6. The number of fused-ring (bicyclic) bond motifs is 1. The van der Waals surface area contributed by atoms with Gasteiger partial charge in [0.1, 0.15) is 0 Å². The SMILES string of the molecule is N#Cc1ccc(-c2ccc(-c3ccc(CNCCCCCCCCNc4ccnc5cc(Cl)ccc45)cc3)s2)cc1. The molecule has 0 atom stereocenters. The Bertz CT molecular complexity index is 1590. The van der Waals surface area contributed by atoms with Crippen molar-refractivity contribution in [2.45, 2.75) is 45.1 Å². The third-order valence-corrected chi connectivity index (χ3v) is 8.69. The topological polar surface area (TPSA) is 60.7 Å². The highest BCUT2D eigenvalue weighted by atomic mass is 35.5. The number of halogens is 1. The van der Waals surface area contributed by atoms with Gasteiger partial charge in [0.05, 0.1) is 17.1 Å². The molecule has 41 heavy (non-hydrogen) atoms. The van der Waals surface area contributed by atoms with Crippen molar-refractivity contribution in [2.75, 3.05) is 18.4 Å². The summed E-state index contributed by atoms with van der Waals surface area (Å²) in [6.07, 6.45) is 9.33. The van der Waals surface area contributed by atoms with Gasteiger partial charge in [-0.05, 0) is 84.6 Å². The van der Waals surface area contributed by atoms with E-state index < -0.39 is 0 Å². The third kappa shape index (κ3) is 8.17. The van der Waals surface area contributed by atoms with Crippen molar-refractivity contribution in [3.05, 3.63) is 107 Å². The molecule has 0 bridgehead atoms. The van der Waals surface area contributed by atoms with Gasteiger partial charge in [0.25, 0.3) is 0 Å². The number of benzene rings is 3. The Morgan fingerprint density at radius 1 is 0.732 bits per heavy atom. The first kappa shape index (κ1) is 28.8. The lowest BCUT2D eigenvalue weighted by Crippen LogP contribution is -2.14. The lowest BCUT2D eigenvalue weighted by atomic mass is 10.1. The van der Waals surface area contributed by atoms with Crippen LogP contribution in [0.4, 0.5) is 5.69 Å². The summed E-state index contributed by atoms with van der Waals surface area (Å²) in [6.45, 7) is 2.94. The van der Waals surface area contributed by atoms with Gasteiger partial charge in [-0.3, -0.25) is 4.98 Å². The first-order valence-electron chi connectivity index (χ1n) is 14.4. The Hall–Kier alpha value is -3.69. The smallest absolute Gasteiger partial charge is 0.0991 e. The van der Waals surface area contributed by atoms with Gasteiger partial charge in [0, 0.05) is 45.1 Å². The summed E-state index contributed by atoms with van der Waals surface area (Å²) in [4.78, 5) is 6.89. The van der Waals surface area contributed by atoms with Crippen molar-refractivity contribution in [1.29, 1.82) is 5.26 Å². The Labute approximate surface area is 252 Å². The summed E-state index contributed by atoms with van der Waals surface area (Å²) in [6, 6.07) is 31.1. The average Bonchev–Trinajstić information content (AvgIpc) is 3.50. The molecule has 0 saturated heterocycles. The molecule has 2 N–H and O–H groups in total. The number of thiophene rings is 1. The molecule has 0 unspecified atom stereocenters. The fourth-order valence-electron chi connectivity index (χ4n) is 4.96. The van der Waals surface area contributed by atoms with Gasteiger partial charge >= 0.3 is 0 Å². The molecule has 2 aromatic heterocycles. The predicted molar refractivity (Wildman–Crippen MR) is 175 cm³/mol. The Morgan fingerprint density at radius 2 is 1.39 bits per heavy atom. The maximum atomic E-state index is 9.01. The highest BCUT2D eigenvalue weighted by Crippen LogP contribution is 2.34. The van der Waals surface area contributed by atoms with Gasteiger partial charge in [0.2, 0.25) is 0 Å². The second-order valence-electron chi connectivity index (χ2n) is 10.3. The van der Waals surface area contributed by atoms with Crippen LogP contribution in [0.3, 0.4) is 0 Å². The van der Waals surface area contributed by atoms with Crippen LogP contribution in [-0.2, 0) is 6.54 Å². The highest BCUT2D eigenvalue weighted by molar-refractivity contribution is 7.18. The zero-order valence-corrected chi connectivity index (χ0v) is 24.8. The van der Waals surface area contributed by atoms with Gasteiger partial charge in [0.15, 0.2) is 0 Å². The van der Waals surface area contributed by atoms with E-state index in [-0.39, 0.29) is 0 Å². The molecule has 0 spiro atoms. The van der Waals surface area contributed by atoms with Crippen LogP contribution in [0, 0.1) is 11.3 Å². The summed E-state index contributed by atoms with van der Waals surface area (Å²) in [5.41, 5.74) is 6.47. The van der Waals surface area contributed by atoms with E-state index in [1.54, 1.807) is 11.3 Å². The molecular weight excluding hydrogens is 544 g/mol. The number of rotatable bonds is 14. The zero-order chi connectivity index (χ0) is 28.3. The Kier molecular flexibility index (Phi) is 10.4. The molecule has 0 fully saturated rings. The largest absolute Gasteiger partial charge is 0.384 e. The number of nitrogens with zero attached hydrogens (tertiary/aromatic N) is 2. The van der Waals surface area contributed by atoms with Crippen LogP contribution < -0.4 is 10.6 Å². The average molecular weight is 579 g/mol. The minimum absolute atomic E-state index is 0.692. The van der Waals surface area contributed by atoms with E-state index in [9.17, 15) is 0 Å². The molecule has 0 aliphatic carbocycles. The van der Waals surface area contributed by atoms with Gasteiger partial charge in [-0.1, -0.05) is 73.7 Å². The molecule has 3 aromatic carbocycles. The number of unbranched alkanes of at least 4 members (excludes halogenated alkanes) is 5. The summed E-state index contributed by atoms with van der Waals surface area (Å²) in [5, 5.41) is 18.0. The third-order valence-electron chi connectivity index (χ3n) is 7.27. The van der Waals surface area contributed by atoms with Crippen molar-refractivity contribution in [1.82, 2.24) is 10.3 Å². The van der Waals surface area contributed by atoms with Crippen LogP contribution >= 0.6 is 22.9 Å². The van der Waals surface area contributed by atoms with E-state index in [0.29, 0.717) is 5.56 Å². The van der Waals surface area contributed by atoms with Gasteiger partial charge < -0.3 is 10.6 Å². The second kappa shape index (κ2) is 14.8. The lowest BCUT2D eigenvalue weighted by molar-refractivity contribution is 0.569. The highest BCUT2D eigenvalue weighted by Gasteiger charge is 2.06. The summed E-state index contributed by atoms with van der Waals surface area (Å²) >= 11 is 7.88. The number of nitriles is 1. The molecule has 0 aliphatic rings. The van der Waals surface area contributed by atoms with Crippen LogP contribution in [0.15, 0.2) is 91.1 Å². The standard InChI is InChI=1S/C35H35ClN4S/c36-30-15-16-31-32(19-22-40-33(31)23-30)39-21-6-4-2-1-3-5-20-38-25-27-9-13-29(14-10-27)35-18-17-34(41-35)28-11-7-26(24-37)8-12-28/h7-19,22-23,38H,1-6,20-21,25H2,(H,39,40). The number of pyridine rings is 1. The molecule has 208 valence electrons. The number of hydrogen-bond acceptors (Lipinski definition) is 5. The number of nitrogens with one attached hydrogen (secondary N) is 2. The van der Waals surface area contributed by atoms with Crippen molar-refractivity contribution < 1.29 is 0 Å². The number of aromatic nitrogens is 1. The maximum absolute atomic E-state index is 9.01. The molecule has 0 aliphatic heterocycles. The molecule has 0 radical (unpaired) electrons. The molecular formula is C35H35ClN4S. The molecule has 6 heteroatoms. The van der Waals surface area contributed by atoms with E-state index in [4.69, 9.17) is 16.9 Å². The van der Waals surface area contributed by atoms with E-state index >= 15 is 0 Å². The van der Waals surface area contributed by atoms with Crippen molar-refractivity contribution >= 4 is 39.5 Å². The molecule has 5 aromatic rings. The van der Waals surface area contributed by atoms with E-state index in [1.165, 1.54) is 59.4 Å². The van der Waals surface area contributed by atoms with Crippen LogP contribution in [0.5, 0.6) is 0 Å². The van der Waals surface area contributed by atoms with Crippen LogP contribution in [0.1, 0.15) is 49.7 Å². The number of hydrogen-bond donors (Lipinski definition) is 2. The van der Waals surface area contributed by atoms with Gasteiger partial charge in [-0.15, -0.1) is 11.3 Å². The zero-order valence-electron chi connectivity index (χ0n) is 23.2. The maximum Gasteiger partial charge on any atom is 0.0991 e. The minimum Gasteiger partial charge on any atom is -0.384 e. The molecule has 0 amide bonds. The summed E-state index contributed by atoms with van der Waals surface area (Å²) < 4.78 is 0. The van der Waals surface area contributed by atoms with Crippen LogP contribution in [0.25, 0.3) is 31.8 Å². The quantitative estimate of drug-likeness (QED) is 0.129. The number of anilines is 1. The monoisotopic (exact) mass is 578 g/mol. The van der Waals surface area contributed by atoms with Crippen LogP contribution in [-0.4, -0.2) is 18.1 Å². The second-order valence-corrected chi connectivity index (χ2v) is 11.8. The molecule has 4 nitrogen and oxygen atoms in total. The predicted octanol–water partition coefficient (Wildman–Crippen LogP) is 9.70.